The molecular formula is C47H31BF2N2. The van der Waals surface area contributed by atoms with Crippen LogP contribution < -0.4 is 26.2 Å². The Bertz CT molecular complexity index is 2840. The molecule has 0 spiro atoms. The van der Waals surface area contributed by atoms with Crippen molar-refractivity contribution in [3.63, 3.8) is 0 Å². The normalized spacial score (nSPS) is 14.6. The van der Waals surface area contributed by atoms with Gasteiger partial charge in [-0.2, -0.15) is 0 Å². The van der Waals surface area contributed by atoms with Crippen molar-refractivity contribution in [1.29, 1.82) is 0 Å². The van der Waals surface area contributed by atoms with Crippen LogP contribution in [0.25, 0.3) is 32.7 Å². The molecule has 8 aromatic carbocycles. The van der Waals surface area contributed by atoms with Crippen molar-refractivity contribution in [2.45, 2.75) is 19.3 Å². The highest BCUT2D eigenvalue weighted by Gasteiger charge is 2.48. The van der Waals surface area contributed by atoms with Crippen LogP contribution in [0.2, 0.25) is 0 Å². The molecule has 0 radical (unpaired) electrons. The van der Waals surface area contributed by atoms with Crippen molar-refractivity contribution in [2.75, 3.05) is 9.80 Å². The molecule has 2 aliphatic heterocycles. The van der Waals surface area contributed by atoms with Crippen molar-refractivity contribution in [3.05, 3.63) is 174 Å². The van der Waals surface area contributed by atoms with E-state index in [0.29, 0.717) is 11.4 Å². The van der Waals surface area contributed by atoms with E-state index in [4.69, 9.17) is 0 Å². The van der Waals surface area contributed by atoms with Gasteiger partial charge in [-0.15, -0.1) is 0 Å². The summed E-state index contributed by atoms with van der Waals surface area (Å²) < 4.78 is 32.4. The second-order valence-corrected chi connectivity index (χ2v) is 14.7. The minimum Gasteiger partial charge on any atom is -0.309 e. The number of hydrogen-bond acceptors (Lipinski definition) is 2. The van der Waals surface area contributed by atoms with E-state index in [-0.39, 0.29) is 18.3 Å². The highest BCUT2D eigenvalue weighted by Crippen LogP contribution is 2.56. The average molecular weight is 673 g/mol. The molecule has 0 amide bonds. The number of fused-ring (bicyclic) bond motifs is 11. The van der Waals surface area contributed by atoms with Gasteiger partial charge in [-0.3, -0.25) is 0 Å². The number of para-hydroxylation sites is 2. The van der Waals surface area contributed by atoms with E-state index in [2.05, 4.69) is 121 Å². The third-order valence-corrected chi connectivity index (χ3v) is 11.7. The fourth-order valence-electron chi connectivity index (χ4n) is 9.54. The second kappa shape index (κ2) is 10.4. The number of anilines is 6. The predicted octanol–water partition coefficient (Wildman–Crippen LogP) is 10.7. The molecule has 11 rings (SSSR count). The molecule has 0 N–H and O–H groups in total. The van der Waals surface area contributed by atoms with E-state index < -0.39 is 5.41 Å². The van der Waals surface area contributed by atoms with Crippen LogP contribution in [0.4, 0.5) is 42.9 Å². The molecular weight excluding hydrogens is 641 g/mol. The Morgan fingerprint density at radius 1 is 0.481 bits per heavy atom. The first-order valence-electron chi connectivity index (χ1n) is 17.9. The fourth-order valence-corrected chi connectivity index (χ4v) is 9.54. The Morgan fingerprint density at radius 2 is 1.06 bits per heavy atom. The minimum absolute atomic E-state index is 0.197. The van der Waals surface area contributed by atoms with E-state index >= 15 is 8.78 Å². The lowest BCUT2D eigenvalue weighted by Crippen LogP contribution is -2.62. The first-order valence-corrected chi connectivity index (χ1v) is 17.9. The molecule has 8 aromatic rings. The van der Waals surface area contributed by atoms with Crippen LogP contribution in [0.1, 0.15) is 25.0 Å². The standard InChI is InChI=1S/C47H31BF2N2/c1-47(2)34-27-30-14-4-3-13-29(30)26-33(34)32-23-24-35-46(43(32)47)52(39-19-10-8-17-37(39)50)41-21-11-20-40-45(41)48(35)44-31-15-6-5-12-28(31)22-25-42(44)51(40)38-18-9-7-16-36(38)49/h3-27H,1-2H3. The third kappa shape index (κ3) is 3.78. The summed E-state index contributed by atoms with van der Waals surface area (Å²) in [5.41, 5.74) is 12.4. The predicted molar refractivity (Wildman–Crippen MR) is 213 cm³/mol. The summed E-state index contributed by atoms with van der Waals surface area (Å²) in [5, 5.41) is 4.64. The first kappa shape index (κ1) is 29.5. The van der Waals surface area contributed by atoms with Gasteiger partial charge in [0.2, 0.25) is 0 Å². The smallest absolute Gasteiger partial charge is 0.252 e. The van der Waals surface area contributed by atoms with Crippen molar-refractivity contribution in [1.82, 2.24) is 0 Å². The van der Waals surface area contributed by atoms with Crippen LogP contribution in [0.15, 0.2) is 152 Å². The summed E-state index contributed by atoms with van der Waals surface area (Å²) in [6, 6.07) is 50.8. The van der Waals surface area contributed by atoms with Crippen molar-refractivity contribution >= 4 is 78.8 Å². The van der Waals surface area contributed by atoms with Gasteiger partial charge in [0.1, 0.15) is 11.6 Å². The molecule has 0 saturated heterocycles. The van der Waals surface area contributed by atoms with Crippen molar-refractivity contribution < 1.29 is 8.78 Å². The largest absolute Gasteiger partial charge is 0.309 e. The molecule has 0 unspecified atom stereocenters. The van der Waals surface area contributed by atoms with Crippen LogP contribution in [-0.4, -0.2) is 6.71 Å². The van der Waals surface area contributed by atoms with Crippen LogP contribution >= 0.6 is 0 Å². The molecule has 52 heavy (non-hydrogen) atoms. The summed E-state index contributed by atoms with van der Waals surface area (Å²) in [6.07, 6.45) is 0. The van der Waals surface area contributed by atoms with Gasteiger partial charge in [0.25, 0.3) is 6.71 Å². The number of hydrogen-bond donors (Lipinski definition) is 0. The first-order chi connectivity index (χ1) is 25.4. The molecule has 5 heteroatoms. The van der Waals surface area contributed by atoms with Gasteiger partial charge < -0.3 is 9.80 Å². The van der Waals surface area contributed by atoms with E-state index in [1.54, 1.807) is 18.2 Å². The number of nitrogens with zero attached hydrogens (tertiary/aromatic N) is 2. The van der Waals surface area contributed by atoms with Gasteiger partial charge in [-0.05, 0) is 115 Å². The SMILES string of the molecule is CC1(C)c2cc3ccccc3cc2-c2ccc3c(c21)N(c1ccccc1F)c1cccc2c1B3c1c(ccc3ccccc13)N2c1ccccc1F. The minimum atomic E-state index is -0.395. The molecule has 3 aliphatic rings. The monoisotopic (exact) mass is 672 g/mol. The Balaban J connectivity index is 1.30. The van der Waals surface area contributed by atoms with E-state index in [1.807, 2.05) is 30.3 Å². The van der Waals surface area contributed by atoms with Gasteiger partial charge in [0.05, 0.1) is 11.4 Å². The summed E-state index contributed by atoms with van der Waals surface area (Å²) in [6.45, 7) is 4.42. The summed E-state index contributed by atoms with van der Waals surface area (Å²) >= 11 is 0. The van der Waals surface area contributed by atoms with Gasteiger partial charge in [0, 0.05) is 28.2 Å². The van der Waals surface area contributed by atoms with Crippen molar-refractivity contribution in [2.24, 2.45) is 0 Å². The Kier molecular flexibility index (Phi) is 5.92. The Labute approximate surface area is 301 Å². The number of halogens is 2. The molecule has 2 heterocycles. The zero-order valence-corrected chi connectivity index (χ0v) is 28.7. The molecule has 1 aliphatic carbocycles. The molecule has 0 atom stereocenters. The summed E-state index contributed by atoms with van der Waals surface area (Å²) in [4.78, 5) is 4.22. The maximum atomic E-state index is 16.4. The van der Waals surface area contributed by atoms with Gasteiger partial charge >= 0.3 is 0 Å². The summed E-state index contributed by atoms with van der Waals surface area (Å²) in [7, 11) is 0. The van der Waals surface area contributed by atoms with E-state index in [9.17, 15) is 0 Å². The topological polar surface area (TPSA) is 6.48 Å². The van der Waals surface area contributed by atoms with E-state index in [1.165, 1.54) is 39.1 Å². The third-order valence-electron chi connectivity index (χ3n) is 11.7. The maximum absolute atomic E-state index is 16.4. The maximum Gasteiger partial charge on any atom is 0.252 e. The lowest BCUT2D eigenvalue weighted by molar-refractivity contribution is 0.627. The van der Waals surface area contributed by atoms with Crippen LogP contribution in [0, 0.1) is 11.6 Å². The van der Waals surface area contributed by atoms with Gasteiger partial charge in [-0.1, -0.05) is 111 Å². The lowest BCUT2D eigenvalue weighted by Gasteiger charge is -2.46. The lowest BCUT2D eigenvalue weighted by atomic mass is 9.32. The fraction of sp³-hybridized carbons (Fsp3) is 0.0638. The zero-order chi connectivity index (χ0) is 34.9. The quantitative estimate of drug-likeness (QED) is 0.169. The van der Waals surface area contributed by atoms with Crippen molar-refractivity contribution in [3.8, 4) is 11.1 Å². The van der Waals surface area contributed by atoms with Crippen LogP contribution in [0.3, 0.4) is 0 Å². The zero-order valence-electron chi connectivity index (χ0n) is 28.7. The highest BCUT2D eigenvalue weighted by atomic mass is 19.1. The molecule has 0 aromatic heterocycles. The Morgan fingerprint density at radius 3 is 1.79 bits per heavy atom. The summed E-state index contributed by atoms with van der Waals surface area (Å²) in [5.74, 6) is -0.599. The number of benzene rings is 8. The Hall–Kier alpha value is -6.20. The molecule has 2 nitrogen and oxygen atoms in total. The molecule has 0 bridgehead atoms. The number of rotatable bonds is 2. The molecule has 246 valence electrons. The van der Waals surface area contributed by atoms with Gasteiger partial charge in [0.15, 0.2) is 0 Å². The highest BCUT2D eigenvalue weighted by molar-refractivity contribution is 7.01. The van der Waals surface area contributed by atoms with Crippen LogP contribution in [0.5, 0.6) is 0 Å². The molecule has 0 saturated carbocycles. The van der Waals surface area contributed by atoms with E-state index in [0.717, 1.165) is 49.9 Å². The second-order valence-electron chi connectivity index (χ2n) is 14.7. The van der Waals surface area contributed by atoms with Gasteiger partial charge in [-0.25, -0.2) is 8.78 Å². The average Bonchev–Trinajstić information content (AvgIpc) is 3.39. The molecule has 0 fully saturated rings. The van der Waals surface area contributed by atoms with Crippen LogP contribution in [-0.2, 0) is 5.41 Å².